The minimum atomic E-state index is 0. The highest BCUT2D eigenvalue weighted by Gasteiger charge is 2.23. The van der Waals surface area contributed by atoms with Crippen molar-refractivity contribution in [3.05, 3.63) is 35.9 Å². The molecule has 0 aliphatic carbocycles. The second kappa shape index (κ2) is 12.5. The van der Waals surface area contributed by atoms with Crippen molar-refractivity contribution in [3.63, 3.8) is 0 Å². The summed E-state index contributed by atoms with van der Waals surface area (Å²) >= 11 is 0. The minimum absolute atomic E-state index is 0. The molecule has 1 amide bonds. The van der Waals surface area contributed by atoms with Crippen LogP contribution in [0, 0.1) is 5.92 Å². The summed E-state index contributed by atoms with van der Waals surface area (Å²) in [4.78, 5) is 14.8. The van der Waals surface area contributed by atoms with Crippen LogP contribution in [0.25, 0.3) is 0 Å². The van der Waals surface area contributed by atoms with Gasteiger partial charge in [-0.05, 0) is 38.0 Å². The molecular weight excluding hydrogens is 345 g/mol. The molecule has 138 valence electrons. The first-order chi connectivity index (χ1) is 10.8. The molecule has 6 heteroatoms. The number of carbonyl (C=O) groups is 1. The van der Waals surface area contributed by atoms with Gasteiger partial charge in [0.2, 0.25) is 5.91 Å². The molecule has 1 aromatic carbocycles. The Balaban J connectivity index is 0.00000264. The van der Waals surface area contributed by atoms with Gasteiger partial charge in [-0.1, -0.05) is 44.2 Å². The predicted octanol–water partition coefficient (Wildman–Crippen LogP) is 3.03. The van der Waals surface area contributed by atoms with Crippen LogP contribution in [0.4, 0.5) is 0 Å². The largest absolute Gasteiger partial charge is 0.354 e. The molecule has 1 unspecified atom stereocenters. The summed E-state index contributed by atoms with van der Waals surface area (Å²) in [6, 6.07) is 10.7. The van der Waals surface area contributed by atoms with E-state index in [4.69, 9.17) is 0 Å². The van der Waals surface area contributed by atoms with Crippen molar-refractivity contribution >= 4 is 30.7 Å². The summed E-state index contributed by atoms with van der Waals surface area (Å²) in [5, 5.41) is 6.49. The van der Waals surface area contributed by atoms with E-state index >= 15 is 0 Å². The molecule has 0 bridgehead atoms. The fourth-order valence-electron chi connectivity index (χ4n) is 3.21. The molecule has 2 rings (SSSR count). The standard InChI is InChI=1S/C18H29N3O.2ClH/c1-3-21(4-2)17(15-9-6-5-7-10-15)14-20-18(22)16-11-8-12-19-13-16;;/h5-7,9-10,16-17,19H,3-4,8,11-14H2,1-2H3,(H,20,22);2*1H/t16-,17?;;/m1../s1. The van der Waals surface area contributed by atoms with Crippen LogP contribution in [-0.4, -0.2) is 43.5 Å². The van der Waals surface area contributed by atoms with Gasteiger partial charge in [0.05, 0.1) is 12.0 Å². The summed E-state index contributed by atoms with van der Waals surface area (Å²) in [6.07, 6.45) is 2.09. The summed E-state index contributed by atoms with van der Waals surface area (Å²) in [6.45, 7) is 8.84. The lowest BCUT2D eigenvalue weighted by molar-refractivity contribution is -0.125. The summed E-state index contributed by atoms with van der Waals surface area (Å²) < 4.78 is 0. The van der Waals surface area contributed by atoms with Gasteiger partial charge >= 0.3 is 0 Å². The van der Waals surface area contributed by atoms with Gasteiger partial charge in [-0.25, -0.2) is 0 Å². The van der Waals surface area contributed by atoms with E-state index in [0.29, 0.717) is 6.54 Å². The van der Waals surface area contributed by atoms with Gasteiger partial charge in [0.1, 0.15) is 0 Å². The van der Waals surface area contributed by atoms with Crippen LogP contribution in [0.15, 0.2) is 30.3 Å². The maximum Gasteiger partial charge on any atom is 0.224 e. The summed E-state index contributed by atoms with van der Waals surface area (Å²) in [5.74, 6) is 0.321. The molecule has 1 saturated heterocycles. The number of carbonyl (C=O) groups excluding carboxylic acids is 1. The molecule has 1 heterocycles. The van der Waals surface area contributed by atoms with E-state index < -0.39 is 0 Å². The Morgan fingerprint density at radius 3 is 2.46 bits per heavy atom. The highest BCUT2D eigenvalue weighted by molar-refractivity contribution is 5.85. The summed E-state index contributed by atoms with van der Waals surface area (Å²) in [7, 11) is 0. The molecule has 2 N–H and O–H groups in total. The molecular formula is C18H31Cl2N3O. The van der Waals surface area contributed by atoms with Gasteiger partial charge in [-0.15, -0.1) is 24.8 Å². The molecule has 0 radical (unpaired) electrons. The molecule has 2 atom stereocenters. The average molecular weight is 376 g/mol. The van der Waals surface area contributed by atoms with E-state index in [1.807, 2.05) is 6.07 Å². The number of rotatable bonds is 7. The van der Waals surface area contributed by atoms with Crippen molar-refractivity contribution in [2.45, 2.75) is 32.7 Å². The van der Waals surface area contributed by atoms with Gasteiger partial charge in [-0.2, -0.15) is 0 Å². The lowest BCUT2D eigenvalue weighted by atomic mass is 9.98. The molecule has 1 aromatic rings. The molecule has 0 spiro atoms. The van der Waals surface area contributed by atoms with E-state index in [-0.39, 0.29) is 42.7 Å². The lowest BCUT2D eigenvalue weighted by Crippen LogP contribution is -2.44. The number of halogens is 2. The molecule has 1 aliphatic heterocycles. The number of piperidine rings is 1. The van der Waals surface area contributed by atoms with Crippen LogP contribution < -0.4 is 10.6 Å². The quantitative estimate of drug-likeness (QED) is 0.769. The zero-order chi connectivity index (χ0) is 15.8. The number of likely N-dealkylation sites (N-methyl/N-ethyl adjacent to an activating group) is 1. The van der Waals surface area contributed by atoms with Crippen LogP contribution in [0.1, 0.15) is 38.3 Å². The molecule has 1 aliphatic rings. The second-order valence-corrected chi connectivity index (χ2v) is 5.94. The Bertz CT molecular complexity index is 449. The Morgan fingerprint density at radius 2 is 1.92 bits per heavy atom. The first kappa shape index (κ1) is 23.2. The normalized spacial score (nSPS) is 18.2. The van der Waals surface area contributed by atoms with Crippen molar-refractivity contribution in [1.82, 2.24) is 15.5 Å². The van der Waals surface area contributed by atoms with Crippen molar-refractivity contribution < 1.29 is 4.79 Å². The third kappa shape index (κ3) is 6.60. The Kier molecular flexibility index (Phi) is 12.1. The fourth-order valence-corrected chi connectivity index (χ4v) is 3.21. The Hall–Kier alpha value is -0.810. The smallest absolute Gasteiger partial charge is 0.224 e. The fraction of sp³-hybridized carbons (Fsp3) is 0.611. The minimum Gasteiger partial charge on any atom is -0.354 e. The van der Waals surface area contributed by atoms with Crippen LogP contribution in [0.5, 0.6) is 0 Å². The van der Waals surface area contributed by atoms with Crippen molar-refractivity contribution in [2.75, 3.05) is 32.7 Å². The number of amides is 1. The first-order valence-corrected chi connectivity index (χ1v) is 8.53. The maximum atomic E-state index is 12.4. The molecule has 4 nitrogen and oxygen atoms in total. The van der Waals surface area contributed by atoms with E-state index in [2.05, 4.69) is 53.6 Å². The Morgan fingerprint density at radius 1 is 1.25 bits per heavy atom. The third-order valence-electron chi connectivity index (χ3n) is 4.57. The zero-order valence-corrected chi connectivity index (χ0v) is 16.3. The van der Waals surface area contributed by atoms with Gasteiger partial charge in [0.15, 0.2) is 0 Å². The SMILES string of the molecule is CCN(CC)C(CNC(=O)[C@@H]1CCCNC1)c1ccccc1.Cl.Cl. The highest BCUT2D eigenvalue weighted by Crippen LogP contribution is 2.20. The number of hydrogen-bond acceptors (Lipinski definition) is 3. The van der Waals surface area contributed by atoms with E-state index in [9.17, 15) is 4.79 Å². The van der Waals surface area contributed by atoms with Crippen LogP contribution in [-0.2, 0) is 4.79 Å². The third-order valence-corrected chi connectivity index (χ3v) is 4.57. The molecule has 0 saturated carbocycles. The lowest BCUT2D eigenvalue weighted by Gasteiger charge is -2.31. The first-order valence-electron chi connectivity index (χ1n) is 8.53. The van der Waals surface area contributed by atoms with Gasteiger partial charge in [0.25, 0.3) is 0 Å². The molecule has 24 heavy (non-hydrogen) atoms. The average Bonchev–Trinajstić information content (AvgIpc) is 2.60. The second-order valence-electron chi connectivity index (χ2n) is 5.94. The number of hydrogen-bond donors (Lipinski definition) is 2. The predicted molar refractivity (Wildman–Crippen MR) is 105 cm³/mol. The van der Waals surface area contributed by atoms with Crippen LogP contribution >= 0.6 is 24.8 Å². The van der Waals surface area contributed by atoms with Crippen LogP contribution in [0.2, 0.25) is 0 Å². The van der Waals surface area contributed by atoms with Crippen LogP contribution in [0.3, 0.4) is 0 Å². The van der Waals surface area contributed by atoms with Gasteiger partial charge < -0.3 is 10.6 Å². The number of nitrogens with one attached hydrogen (secondary N) is 2. The van der Waals surface area contributed by atoms with Gasteiger partial charge in [0, 0.05) is 13.1 Å². The van der Waals surface area contributed by atoms with Gasteiger partial charge in [-0.3, -0.25) is 9.69 Å². The van der Waals surface area contributed by atoms with E-state index in [1.165, 1.54) is 5.56 Å². The zero-order valence-electron chi connectivity index (χ0n) is 14.7. The highest BCUT2D eigenvalue weighted by atomic mass is 35.5. The number of nitrogens with zero attached hydrogens (tertiary/aromatic N) is 1. The Labute approximate surface area is 158 Å². The molecule has 1 fully saturated rings. The number of benzene rings is 1. The van der Waals surface area contributed by atoms with E-state index in [0.717, 1.165) is 39.0 Å². The molecule has 0 aromatic heterocycles. The van der Waals surface area contributed by atoms with Crippen molar-refractivity contribution in [3.8, 4) is 0 Å². The summed E-state index contributed by atoms with van der Waals surface area (Å²) in [5.41, 5.74) is 1.27. The maximum absolute atomic E-state index is 12.4. The monoisotopic (exact) mass is 375 g/mol. The van der Waals surface area contributed by atoms with Crippen molar-refractivity contribution in [1.29, 1.82) is 0 Å². The van der Waals surface area contributed by atoms with Crippen molar-refractivity contribution in [2.24, 2.45) is 5.92 Å². The topological polar surface area (TPSA) is 44.4 Å². The van der Waals surface area contributed by atoms with E-state index in [1.54, 1.807) is 0 Å².